The molecule has 7 nitrogen and oxygen atoms in total. The molecule has 68 heavy (non-hydrogen) atoms. The molecule has 4 heterocycles. The SMILES string of the molecule is c1ccc(-c2ccc(-c3nc(-c4ccccc4)nc(-n4c5ccccc5c5ccc6c7ccccc7n(-c7ccc(-c8nc(-c9ccccc9)cc(-c9ccccc9)n8)cc7)c6c54)n3)cc2)cc1. The molecular formula is C61H39N7. The fourth-order valence-corrected chi connectivity index (χ4v) is 9.58. The Kier molecular flexibility index (Phi) is 9.35. The van der Waals surface area contributed by atoms with E-state index in [9.17, 15) is 0 Å². The molecule has 0 aliphatic heterocycles. The van der Waals surface area contributed by atoms with Gasteiger partial charge in [-0.15, -0.1) is 0 Å². The second-order valence-electron chi connectivity index (χ2n) is 16.9. The van der Waals surface area contributed by atoms with Gasteiger partial charge in [-0.05, 0) is 53.6 Å². The minimum absolute atomic E-state index is 0.538. The average molecular weight is 870 g/mol. The van der Waals surface area contributed by atoms with Gasteiger partial charge in [0.1, 0.15) is 0 Å². The lowest BCUT2D eigenvalue weighted by Gasteiger charge is -2.14. The first-order valence-electron chi connectivity index (χ1n) is 22.8. The van der Waals surface area contributed by atoms with Crippen molar-refractivity contribution < 1.29 is 0 Å². The number of nitrogens with zero attached hydrogens (tertiary/aromatic N) is 7. The second-order valence-corrected chi connectivity index (χ2v) is 16.9. The van der Waals surface area contributed by atoms with Crippen LogP contribution in [0.15, 0.2) is 237 Å². The molecule has 0 radical (unpaired) electrons. The van der Waals surface area contributed by atoms with Gasteiger partial charge in [-0.1, -0.05) is 194 Å². The first-order valence-corrected chi connectivity index (χ1v) is 22.8. The van der Waals surface area contributed by atoms with Crippen molar-refractivity contribution in [1.82, 2.24) is 34.1 Å². The van der Waals surface area contributed by atoms with Crippen molar-refractivity contribution in [3.8, 4) is 79.4 Å². The predicted octanol–water partition coefficient (Wildman–Crippen LogP) is 14.9. The quantitative estimate of drug-likeness (QED) is 0.152. The minimum atomic E-state index is 0.538. The molecule has 4 aromatic heterocycles. The lowest BCUT2D eigenvalue weighted by molar-refractivity contribution is 0.953. The van der Waals surface area contributed by atoms with Gasteiger partial charge in [0.25, 0.3) is 0 Å². The van der Waals surface area contributed by atoms with E-state index in [1.807, 2.05) is 60.7 Å². The Labute approximate surface area is 392 Å². The molecular weight excluding hydrogens is 831 g/mol. The first-order chi connectivity index (χ1) is 33.7. The van der Waals surface area contributed by atoms with Crippen molar-refractivity contribution in [2.75, 3.05) is 0 Å². The van der Waals surface area contributed by atoms with Gasteiger partial charge in [-0.2, -0.15) is 9.97 Å². The summed E-state index contributed by atoms with van der Waals surface area (Å²) in [6.07, 6.45) is 0. The zero-order valence-corrected chi connectivity index (χ0v) is 36.6. The van der Waals surface area contributed by atoms with E-state index in [2.05, 4.69) is 185 Å². The van der Waals surface area contributed by atoms with E-state index in [-0.39, 0.29) is 0 Å². The normalized spacial score (nSPS) is 11.5. The zero-order chi connectivity index (χ0) is 45.0. The molecule has 0 bridgehead atoms. The molecule has 0 saturated heterocycles. The van der Waals surface area contributed by atoms with Crippen molar-refractivity contribution in [3.05, 3.63) is 237 Å². The fraction of sp³-hybridized carbons (Fsp3) is 0. The van der Waals surface area contributed by atoms with Gasteiger partial charge in [0.05, 0.1) is 33.5 Å². The van der Waals surface area contributed by atoms with E-state index < -0.39 is 0 Å². The van der Waals surface area contributed by atoms with Crippen LogP contribution in [0.25, 0.3) is 123 Å². The van der Waals surface area contributed by atoms with Gasteiger partial charge in [0, 0.05) is 55.0 Å². The summed E-state index contributed by atoms with van der Waals surface area (Å²) < 4.78 is 4.62. The molecule has 0 amide bonds. The van der Waals surface area contributed by atoms with Crippen LogP contribution in [0, 0.1) is 0 Å². The number of para-hydroxylation sites is 2. The molecule has 0 atom stereocenters. The van der Waals surface area contributed by atoms with E-state index in [0.29, 0.717) is 23.4 Å². The maximum atomic E-state index is 5.36. The Morgan fingerprint density at radius 3 is 1.15 bits per heavy atom. The molecule has 0 aliphatic rings. The van der Waals surface area contributed by atoms with Crippen molar-refractivity contribution in [2.24, 2.45) is 0 Å². The molecule has 7 heteroatoms. The fourth-order valence-electron chi connectivity index (χ4n) is 9.58. The number of hydrogen-bond acceptors (Lipinski definition) is 5. The average Bonchev–Trinajstić information content (AvgIpc) is 3.95. The first kappa shape index (κ1) is 39.1. The Balaban J connectivity index is 1.03. The molecule has 0 spiro atoms. The molecule has 13 rings (SSSR count). The van der Waals surface area contributed by atoms with Crippen LogP contribution in [-0.4, -0.2) is 34.1 Å². The van der Waals surface area contributed by atoms with Crippen LogP contribution in [0.3, 0.4) is 0 Å². The molecule has 0 unspecified atom stereocenters. The number of benzene rings is 9. The smallest absolute Gasteiger partial charge is 0.238 e. The van der Waals surface area contributed by atoms with Crippen LogP contribution in [0.5, 0.6) is 0 Å². The second kappa shape index (κ2) is 16.3. The summed E-state index contributed by atoms with van der Waals surface area (Å²) in [6, 6.07) is 82.1. The topological polar surface area (TPSA) is 74.3 Å². The molecule has 0 saturated carbocycles. The summed E-state index contributed by atoms with van der Waals surface area (Å²) in [5.74, 6) is 2.39. The van der Waals surface area contributed by atoms with Crippen LogP contribution >= 0.6 is 0 Å². The molecule has 0 aliphatic carbocycles. The summed E-state index contributed by atoms with van der Waals surface area (Å²) in [5, 5.41) is 4.48. The van der Waals surface area contributed by atoms with Crippen LogP contribution in [0.1, 0.15) is 0 Å². The maximum Gasteiger partial charge on any atom is 0.238 e. The Morgan fingerprint density at radius 1 is 0.250 bits per heavy atom. The lowest BCUT2D eigenvalue weighted by atomic mass is 10.0. The van der Waals surface area contributed by atoms with Gasteiger partial charge in [-0.25, -0.2) is 15.0 Å². The summed E-state index contributed by atoms with van der Waals surface area (Å²) in [4.78, 5) is 26.1. The Bertz CT molecular complexity index is 3920. The monoisotopic (exact) mass is 869 g/mol. The summed E-state index contributed by atoms with van der Waals surface area (Å²) in [5.41, 5.74) is 14.0. The third kappa shape index (κ3) is 6.72. The van der Waals surface area contributed by atoms with E-state index in [4.69, 9.17) is 24.9 Å². The molecule has 0 N–H and O–H groups in total. The molecule has 9 aromatic carbocycles. The van der Waals surface area contributed by atoms with Gasteiger partial charge in [0.15, 0.2) is 17.5 Å². The highest BCUT2D eigenvalue weighted by Crippen LogP contribution is 2.42. The number of rotatable bonds is 8. The lowest BCUT2D eigenvalue weighted by Crippen LogP contribution is -2.07. The van der Waals surface area contributed by atoms with Gasteiger partial charge < -0.3 is 4.57 Å². The Hall–Kier alpha value is -9.33. The van der Waals surface area contributed by atoms with Gasteiger partial charge in [-0.3, -0.25) is 4.57 Å². The molecule has 13 aromatic rings. The zero-order valence-electron chi connectivity index (χ0n) is 36.6. The van der Waals surface area contributed by atoms with E-state index >= 15 is 0 Å². The third-order valence-corrected chi connectivity index (χ3v) is 12.8. The van der Waals surface area contributed by atoms with E-state index in [1.54, 1.807) is 0 Å². The van der Waals surface area contributed by atoms with Gasteiger partial charge >= 0.3 is 0 Å². The van der Waals surface area contributed by atoms with Crippen molar-refractivity contribution >= 4 is 43.6 Å². The largest absolute Gasteiger partial charge is 0.307 e. The highest BCUT2D eigenvalue weighted by Gasteiger charge is 2.24. The highest BCUT2D eigenvalue weighted by atomic mass is 15.2. The third-order valence-electron chi connectivity index (χ3n) is 12.8. The van der Waals surface area contributed by atoms with E-state index in [1.165, 1.54) is 0 Å². The van der Waals surface area contributed by atoms with Crippen LogP contribution < -0.4 is 0 Å². The summed E-state index contributed by atoms with van der Waals surface area (Å²) in [7, 11) is 0. The van der Waals surface area contributed by atoms with Crippen LogP contribution in [-0.2, 0) is 0 Å². The predicted molar refractivity (Wildman–Crippen MR) is 277 cm³/mol. The minimum Gasteiger partial charge on any atom is -0.307 e. The van der Waals surface area contributed by atoms with Crippen LogP contribution in [0.4, 0.5) is 0 Å². The molecule has 318 valence electrons. The van der Waals surface area contributed by atoms with Crippen molar-refractivity contribution in [2.45, 2.75) is 0 Å². The number of aromatic nitrogens is 7. The standard InChI is InChI=1S/C61H39N7/c1-5-17-40(18-6-1)41-29-31-45(32-30-41)60-64-59(44-23-11-4-12-24-44)65-61(66-60)68-55-28-16-14-26-49(55)51-38-37-50-48-25-13-15-27-54(48)67(56(50)57(51)68)47-35-33-46(34-36-47)58-62-52(42-19-7-2-8-20-42)39-53(63-58)43-21-9-3-10-22-43/h1-39H. The maximum absolute atomic E-state index is 5.36. The van der Waals surface area contributed by atoms with Crippen molar-refractivity contribution in [1.29, 1.82) is 0 Å². The number of hydrogen-bond donors (Lipinski definition) is 0. The van der Waals surface area contributed by atoms with Crippen LogP contribution in [0.2, 0.25) is 0 Å². The summed E-state index contributed by atoms with van der Waals surface area (Å²) >= 11 is 0. The number of fused-ring (bicyclic) bond motifs is 7. The van der Waals surface area contributed by atoms with E-state index in [0.717, 1.165) is 99.6 Å². The summed E-state index contributed by atoms with van der Waals surface area (Å²) in [6.45, 7) is 0. The van der Waals surface area contributed by atoms with Gasteiger partial charge in [0.2, 0.25) is 5.95 Å². The van der Waals surface area contributed by atoms with Crippen molar-refractivity contribution in [3.63, 3.8) is 0 Å². The molecule has 0 fully saturated rings. The highest BCUT2D eigenvalue weighted by molar-refractivity contribution is 6.23. The Morgan fingerprint density at radius 2 is 0.618 bits per heavy atom.